The summed E-state index contributed by atoms with van der Waals surface area (Å²) in [5.74, 6) is 0. The van der Waals surface area contributed by atoms with Gasteiger partial charge in [-0.3, -0.25) is 0 Å². The summed E-state index contributed by atoms with van der Waals surface area (Å²) in [7, 11) is 0. The number of quaternary nitrogens is 1. The minimum absolute atomic E-state index is 0. The second kappa shape index (κ2) is 2.44. The molecule has 0 aliphatic carbocycles. The molecule has 3 saturated heterocycles. The number of rotatable bonds is 0. The topological polar surface area (TPSA) is 0 Å². The standard InChI is InChI=1S/C10H18N.FH/c1-4-10-5-2-8-11(10,7-1)9-3-6-10;/h1-9H2;1H/q+1;/p-1. The van der Waals surface area contributed by atoms with Gasteiger partial charge >= 0.3 is 0 Å². The molecule has 1 nitrogen and oxygen atoms in total. The van der Waals surface area contributed by atoms with Crippen molar-refractivity contribution < 1.29 is 9.19 Å². The van der Waals surface area contributed by atoms with Crippen LogP contribution < -0.4 is 4.70 Å². The Hall–Kier alpha value is -0.110. The first-order chi connectivity index (χ1) is 5.37. The van der Waals surface area contributed by atoms with Gasteiger partial charge in [-0.15, -0.1) is 0 Å². The molecule has 0 radical (unpaired) electrons. The molecule has 0 saturated carbocycles. The Morgan fingerprint density at radius 1 is 0.750 bits per heavy atom. The highest BCUT2D eigenvalue weighted by atomic mass is 19.0. The predicted molar refractivity (Wildman–Crippen MR) is 45.3 cm³/mol. The van der Waals surface area contributed by atoms with Crippen molar-refractivity contribution in [2.75, 3.05) is 19.6 Å². The molecule has 3 fully saturated rings. The lowest BCUT2D eigenvalue weighted by molar-refractivity contribution is -0.938. The third-order valence-corrected chi connectivity index (χ3v) is 4.69. The van der Waals surface area contributed by atoms with Crippen LogP contribution >= 0.6 is 0 Å². The van der Waals surface area contributed by atoms with E-state index < -0.39 is 0 Å². The van der Waals surface area contributed by atoms with Crippen molar-refractivity contribution in [1.29, 1.82) is 0 Å². The number of hydrogen-bond acceptors (Lipinski definition) is 0. The van der Waals surface area contributed by atoms with Crippen molar-refractivity contribution in [2.45, 2.75) is 44.1 Å². The van der Waals surface area contributed by atoms with Gasteiger partial charge in [0.1, 0.15) is 0 Å². The lowest BCUT2D eigenvalue weighted by Gasteiger charge is -2.37. The first-order valence-corrected chi connectivity index (χ1v) is 5.23. The summed E-state index contributed by atoms with van der Waals surface area (Å²) < 4.78 is 1.56. The molecular weight excluding hydrogens is 153 g/mol. The third-order valence-electron chi connectivity index (χ3n) is 4.69. The van der Waals surface area contributed by atoms with E-state index in [0.29, 0.717) is 0 Å². The molecule has 0 unspecified atom stereocenters. The van der Waals surface area contributed by atoms with Crippen LogP contribution in [0.3, 0.4) is 0 Å². The average molecular weight is 171 g/mol. The third kappa shape index (κ3) is 0.723. The molecule has 3 rings (SSSR count). The molecule has 12 heavy (non-hydrogen) atoms. The first kappa shape index (κ1) is 8.49. The molecule has 3 aliphatic rings. The largest absolute Gasteiger partial charge is 1.00 e. The molecule has 70 valence electrons. The molecule has 0 aromatic rings. The SMILES string of the molecule is C1CC23CCC[N+]2(C1)CCC3.[F-]. The number of nitrogens with zero attached hydrogens (tertiary/aromatic N) is 1. The van der Waals surface area contributed by atoms with Crippen LogP contribution in [0.25, 0.3) is 0 Å². The molecule has 0 atom stereocenters. The second-order valence-electron chi connectivity index (χ2n) is 4.85. The van der Waals surface area contributed by atoms with Crippen LogP contribution in [0.5, 0.6) is 0 Å². The fourth-order valence-electron chi connectivity index (χ4n) is 4.27. The second-order valence-corrected chi connectivity index (χ2v) is 4.85. The maximum Gasteiger partial charge on any atom is 0.0999 e. The minimum Gasteiger partial charge on any atom is -1.00 e. The number of halogens is 1. The summed E-state index contributed by atoms with van der Waals surface area (Å²) in [5.41, 5.74) is 0.833. The van der Waals surface area contributed by atoms with Crippen LogP contribution in [0.2, 0.25) is 0 Å². The van der Waals surface area contributed by atoms with Gasteiger partial charge in [0.25, 0.3) is 0 Å². The zero-order valence-corrected chi connectivity index (χ0v) is 7.69. The Morgan fingerprint density at radius 3 is 1.50 bits per heavy atom. The van der Waals surface area contributed by atoms with Crippen molar-refractivity contribution in [1.82, 2.24) is 0 Å². The molecule has 0 bridgehead atoms. The van der Waals surface area contributed by atoms with Crippen molar-refractivity contribution in [3.8, 4) is 0 Å². The summed E-state index contributed by atoms with van der Waals surface area (Å²) in [6.45, 7) is 4.58. The van der Waals surface area contributed by atoms with Gasteiger partial charge < -0.3 is 9.19 Å². The van der Waals surface area contributed by atoms with E-state index >= 15 is 0 Å². The summed E-state index contributed by atoms with van der Waals surface area (Å²) in [6, 6.07) is 0. The zero-order valence-electron chi connectivity index (χ0n) is 7.69. The van der Waals surface area contributed by atoms with Gasteiger partial charge in [-0.2, -0.15) is 0 Å². The van der Waals surface area contributed by atoms with Gasteiger partial charge in [-0.1, -0.05) is 0 Å². The van der Waals surface area contributed by atoms with E-state index in [9.17, 15) is 0 Å². The Morgan fingerprint density at radius 2 is 1.17 bits per heavy atom. The molecule has 0 spiro atoms. The highest BCUT2D eigenvalue weighted by Gasteiger charge is 2.60. The Labute approximate surface area is 73.7 Å². The van der Waals surface area contributed by atoms with E-state index in [1.165, 1.54) is 38.9 Å². The molecule has 3 heterocycles. The maximum absolute atomic E-state index is 1.56. The molecular formula is C10H18FN. The van der Waals surface area contributed by atoms with Crippen LogP contribution in [0.15, 0.2) is 0 Å². The smallest absolute Gasteiger partial charge is 0.0999 e. The first-order valence-electron chi connectivity index (χ1n) is 5.23. The van der Waals surface area contributed by atoms with Crippen LogP contribution in [0.4, 0.5) is 0 Å². The van der Waals surface area contributed by atoms with Gasteiger partial charge in [0.2, 0.25) is 0 Å². The van der Waals surface area contributed by atoms with E-state index in [-0.39, 0.29) is 4.70 Å². The fourth-order valence-corrected chi connectivity index (χ4v) is 4.27. The van der Waals surface area contributed by atoms with Crippen LogP contribution in [-0.2, 0) is 0 Å². The van der Waals surface area contributed by atoms with Gasteiger partial charge in [-0.05, 0) is 0 Å². The van der Waals surface area contributed by atoms with Crippen molar-refractivity contribution in [2.24, 2.45) is 0 Å². The van der Waals surface area contributed by atoms with Crippen molar-refractivity contribution in [3.63, 3.8) is 0 Å². The van der Waals surface area contributed by atoms with Gasteiger partial charge in [-0.25, -0.2) is 0 Å². The average Bonchev–Trinajstić information content (AvgIpc) is 2.40. The Bertz CT molecular complexity index is 143. The molecule has 0 aromatic heterocycles. The molecule has 3 aliphatic heterocycles. The molecule has 0 amide bonds. The van der Waals surface area contributed by atoms with E-state index in [0.717, 1.165) is 5.54 Å². The highest BCUT2D eigenvalue weighted by Crippen LogP contribution is 2.52. The van der Waals surface area contributed by atoms with Gasteiger partial charge in [0, 0.05) is 38.5 Å². The summed E-state index contributed by atoms with van der Waals surface area (Å²) >= 11 is 0. The van der Waals surface area contributed by atoms with E-state index in [4.69, 9.17) is 0 Å². The van der Waals surface area contributed by atoms with E-state index in [2.05, 4.69) is 0 Å². The zero-order chi connectivity index (χ0) is 7.36. The van der Waals surface area contributed by atoms with Crippen molar-refractivity contribution >= 4 is 0 Å². The number of hydrogen-bond donors (Lipinski definition) is 0. The molecule has 0 N–H and O–H groups in total. The summed E-state index contributed by atoms with van der Waals surface area (Å²) in [5, 5.41) is 0. The van der Waals surface area contributed by atoms with Crippen LogP contribution in [0, 0.1) is 0 Å². The molecule has 0 aromatic carbocycles. The minimum atomic E-state index is 0. The fraction of sp³-hybridized carbons (Fsp3) is 1.00. The lowest BCUT2D eigenvalue weighted by Crippen LogP contribution is -3.00. The highest BCUT2D eigenvalue weighted by molar-refractivity contribution is 4.94. The monoisotopic (exact) mass is 171 g/mol. The van der Waals surface area contributed by atoms with Gasteiger partial charge in [0.15, 0.2) is 0 Å². The van der Waals surface area contributed by atoms with Crippen LogP contribution in [0.1, 0.15) is 38.5 Å². The quantitative estimate of drug-likeness (QED) is 0.407. The summed E-state index contributed by atoms with van der Waals surface area (Å²) in [6.07, 6.45) is 9.27. The Kier molecular flexibility index (Phi) is 1.73. The van der Waals surface area contributed by atoms with Crippen molar-refractivity contribution in [3.05, 3.63) is 0 Å². The Balaban J connectivity index is 0.000000563. The normalized spacial score (nSPS) is 50.0. The summed E-state index contributed by atoms with van der Waals surface area (Å²) in [4.78, 5) is 0. The maximum atomic E-state index is 1.56. The predicted octanol–water partition coefficient (Wildman–Crippen LogP) is -1.07. The lowest BCUT2D eigenvalue weighted by atomic mass is 9.91. The molecule has 2 heteroatoms. The van der Waals surface area contributed by atoms with E-state index in [1.807, 2.05) is 0 Å². The van der Waals surface area contributed by atoms with Gasteiger partial charge in [0.05, 0.1) is 25.2 Å². The van der Waals surface area contributed by atoms with Crippen LogP contribution in [-0.4, -0.2) is 29.7 Å². The van der Waals surface area contributed by atoms with E-state index in [1.54, 1.807) is 23.7 Å².